The summed E-state index contributed by atoms with van der Waals surface area (Å²) in [5, 5.41) is 13.5. The number of halogens is 1. The lowest BCUT2D eigenvalue weighted by Crippen LogP contribution is -2.30. The van der Waals surface area contributed by atoms with E-state index in [1.54, 1.807) is 26.8 Å². The summed E-state index contributed by atoms with van der Waals surface area (Å²) in [5.74, 6) is -0.611. The lowest BCUT2D eigenvalue weighted by Gasteiger charge is -2.19. The largest absolute Gasteiger partial charge is 0.322 e. The minimum atomic E-state index is -3.69. The van der Waals surface area contributed by atoms with Crippen molar-refractivity contribution in [1.29, 1.82) is 0 Å². The highest BCUT2D eigenvalue weighted by Gasteiger charge is 2.23. The molecule has 28 heavy (non-hydrogen) atoms. The fourth-order valence-corrected chi connectivity index (χ4v) is 4.27. The number of carbonyl (C=O) groups is 1. The first-order valence-electron chi connectivity index (χ1n) is 8.47. The normalized spacial score (nSPS) is 11.5. The molecular weight excluding hydrogens is 406 g/mol. The van der Waals surface area contributed by atoms with Crippen molar-refractivity contribution in [3.63, 3.8) is 0 Å². The molecule has 2 aromatic rings. The van der Waals surface area contributed by atoms with Crippen molar-refractivity contribution in [1.82, 2.24) is 4.31 Å². The summed E-state index contributed by atoms with van der Waals surface area (Å²) in [6.07, 6.45) is 0. The molecule has 2 rings (SSSR count). The highest BCUT2D eigenvalue weighted by molar-refractivity contribution is 7.89. The van der Waals surface area contributed by atoms with E-state index < -0.39 is 20.9 Å². The van der Waals surface area contributed by atoms with Crippen LogP contribution in [0, 0.1) is 17.0 Å². The average Bonchev–Trinajstić information content (AvgIpc) is 2.64. The Labute approximate surface area is 168 Å². The molecule has 8 nitrogen and oxygen atoms in total. The summed E-state index contributed by atoms with van der Waals surface area (Å²) in [6, 6.07) is 8.15. The molecular formula is C18H20ClN3O5S. The van der Waals surface area contributed by atoms with Crippen molar-refractivity contribution in [2.45, 2.75) is 25.7 Å². The first-order valence-corrected chi connectivity index (χ1v) is 10.3. The Morgan fingerprint density at radius 1 is 1.18 bits per heavy atom. The van der Waals surface area contributed by atoms with Crippen LogP contribution in [0.5, 0.6) is 0 Å². The van der Waals surface area contributed by atoms with E-state index in [4.69, 9.17) is 11.6 Å². The third kappa shape index (κ3) is 4.49. The van der Waals surface area contributed by atoms with Gasteiger partial charge in [0, 0.05) is 30.4 Å². The van der Waals surface area contributed by atoms with E-state index >= 15 is 0 Å². The molecule has 150 valence electrons. The molecule has 0 fully saturated rings. The van der Waals surface area contributed by atoms with Crippen molar-refractivity contribution in [2.75, 3.05) is 18.4 Å². The van der Waals surface area contributed by atoms with Crippen molar-refractivity contribution in [3.8, 4) is 0 Å². The molecule has 0 spiro atoms. The number of hydrogen-bond donors (Lipinski definition) is 1. The van der Waals surface area contributed by atoms with Gasteiger partial charge in [0.05, 0.1) is 9.82 Å². The van der Waals surface area contributed by atoms with E-state index in [1.165, 1.54) is 28.6 Å². The molecule has 0 saturated carbocycles. The fraction of sp³-hybridized carbons (Fsp3) is 0.278. The molecule has 1 N–H and O–H groups in total. The lowest BCUT2D eigenvalue weighted by atomic mass is 10.1. The average molecular weight is 426 g/mol. The van der Waals surface area contributed by atoms with Crippen LogP contribution in [0.25, 0.3) is 0 Å². The Kier molecular flexibility index (Phi) is 6.76. The monoisotopic (exact) mass is 425 g/mol. The number of anilines is 1. The van der Waals surface area contributed by atoms with Crippen LogP contribution in [-0.2, 0) is 10.0 Å². The van der Waals surface area contributed by atoms with Crippen LogP contribution in [0.3, 0.4) is 0 Å². The highest BCUT2D eigenvalue weighted by atomic mass is 35.5. The Balaban J connectivity index is 2.38. The fourth-order valence-electron chi connectivity index (χ4n) is 2.60. The van der Waals surface area contributed by atoms with Gasteiger partial charge >= 0.3 is 0 Å². The molecule has 0 radical (unpaired) electrons. The minimum absolute atomic E-state index is 0.0347. The topological polar surface area (TPSA) is 110 Å². The van der Waals surface area contributed by atoms with Crippen LogP contribution < -0.4 is 5.32 Å². The predicted octanol–water partition coefficient (Wildman–Crippen LogP) is 3.84. The van der Waals surface area contributed by atoms with Gasteiger partial charge in [0.25, 0.3) is 11.6 Å². The van der Waals surface area contributed by atoms with Crippen LogP contribution in [0.1, 0.15) is 29.8 Å². The summed E-state index contributed by atoms with van der Waals surface area (Å²) in [7, 11) is -3.69. The molecule has 0 aliphatic carbocycles. The zero-order valence-electron chi connectivity index (χ0n) is 15.6. The van der Waals surface area contributed by atoms with Crippen LogP contribution in [0.4, 0.5) is 11.4 Å². The number of aryl methyl sites for hydroxylation is 1. The van der Waals surface area contributed by atoms with E-state index in [1.807, 2.05) is 0 Å². The number of nitrogens with one attached hydrogen (secondary N) is 1. The second-order valence-corrected chi connectivity index (χ2v) is 8.29. The maximum absolute atomic E-state index is 12.7. The molecule has 10 heteroatoms. The molecule has 0 heterocycles. The van der Waals surface area contributed by atoms with Gasteiger partial charge in [0.2, 0.25) is 10.0 Å². The van der Waals surface area contributed by atoms with Crippen LogP contribution in [0.2, 0.25) is 5.02 Å². The summed E-state index contributed by atoms with van der Waals surface area (Å²) < 4.78 is 26.7. The number of amides is 1. The standard InChI is InChI=1S/C18H20ClN3O5S/c1-4-21(5-2)28(26,27)14-8-6-12(3)16(11-14)20-18(23)13-7-9-15(19)17(10-13)22(24)25/h6-11H,4-5H2,1-3H3,(H,20,23). The lowest BCUT2D eigenvalue weighted by molar-refractivity contribution is -0.384. The summed E-state index contributed by atoms with van der Waals surface area (Å²) >= 11 is 5.76. The van der Waals surface area contributed by atoms with E-state index in [-0.39, 0.29) is 21.2 Å². The summed E-state index contributed by atoms with van der Waals surface area (Å²) in [6.45, 7) is 5.84. The first kappa shape index (κ1) is 21.8. The van der Waals surface area contributed by atoms with Gasteiger partial charge in [0.15, 0.2) is 0 Å². The maximum Gasteiger partial charge on any atom is 0.288 e. The molecule has 0 saturated heterocycles. The van der Waals surface area contributed by atoms with Crippen LogP contribution in [-0.4, -0.2) is 36.6 Å². The Hall–Kier alpha value is -2.49. The number of carbonyl (C=O) groups excluding carboxylic acids is 1. The summed E-state index contributed by atoms with van der Waals surface area (Å²) in [5.41, 5.74) is 0.600. The zero-order chi connectivity index (χ0) is 21.1. The first-order chi connectivity index (χ1) is 13.1. The van der Waals surface area contributed by atoms with Gasteiger partial charge in [-0.15, -0.1) is 0 Å². The molecule has 0 atom stereocenters. The van der Waals surface area contributed by atoms with Gasteiger partial charge in [0.1, 0.15) is 5.02 Å². The number of hydrogen-bond acceptors (Lipinski definition) is 5. The number of nitro benzene ring substituents is 1. The Bertz CT molecular complexity index is 1020. The smallest absolute Gasteiger partial charge is 0.288 e. The summed E-state index contributed by atoms with van der Waals surface area (Å²) in [4.78, 5) is 22.9. The van der Waals surface area contributed by atoms with Crippen molar-refractivity contribution in [2.24, 2.45) is 0 Å². The van der Waals surface area contributed by atoms with E-state index in [0.29, 0.717) is 24.3 Å². The maximum atomic E-state index is 12.7. The highest BCUT2D eigenvalue weighted by Crippen LogP contribution is 2.27. The molecule has 0 unspecified atom stereocenters. The Morgan fingerprint density at radius 2 is 1.82 bits per heavy atom. The number of benzene rings is 2. The Morgan fingerprint density at radius 3 is 2.39 bits per heavy atom. The van der Waals surface area contributed by atoms with Gasteiger partial charge in [-0.05, 0) is 36.8 Å². The van der Waals surface area contributed by atoms with Gasteiger partial charge < -0.3 is 5.32 Å². The van der Waals surface area contributed by atoms with Crippen molar-refractivity contribution >= 4 is 38.9 Å². The van der Waals surface area contributed by atoms with Crippen LogP contribution in [0.15, 0.2) is 41.3 Å². The second-order valence-electron chi connectivity index (χ2n) is 5.94. The molecule has 0 aromatic heterocycles. The number of nitrogens with zero attached hydrogens (tertiary/aromatic N) is 2. The zero-order valence-corrected chi connectivity index (χ0v) is 17.2. The van der Waals surface area contributed by atoms with E-state index in [9.17, 15) is 23.3 Å². The van der Waals surface area contributed by atoms with Gasteiger partial charge in [-0.25, -0.2) is 8.42 Å². The molecule has 2 aromatic carbocycles. The third-order valence-electron chi connectivity index (χ3n) is 4.21. The SMILES string of the molecule is CCN(CC)S(=O)(=O)c1ccc(C)c(NC(=O)c2ccc(Cl)c([N+](=O)[O-])c2)c1. The third-order valence-corrected chi connectivity index (χ3v) is 6.57. The number of nitro groups is 1. The van der Waals surface area contributed by atoms with Crippen LogP contribution >= 0.6 is 11.6 Å². The second kappa shape index (κ2) is 8.68. The quantitative estimate of drug-likeness (QED) is 0.535. The number of sulfonamides is 1. The van der Waals surface area contributed by atoms with Crippen molar-refractivity contribution < 1.29 is 18.1 Å². The minimum Gasteiger partial charge on any atom is -0.322 e. The molecule has 1 amide bonds. The predicted molar refractivity (Wildman–Crippen MR) is 107 cm³/mol. The molecule has 0 bridgehead atoms. The molecule has 0 aliphatic rings. The number of rotatable bonds is 7. The van der Waals surface area contributed by atoms with Gasteiger partial charge in [-0.3, -0.25) is 14.9 Å². The van der Waals surface area contributed by atoms with Gasteiger partial charge in [-0.2, -0.15) is 4.31 Å². The van der Waals surface area contributed by atoms with E-state index in [2.05, 4.69) is 5.32 Å². The van der Waals surface area contributed by atoms with Gasteiger partial charge in [-0.1, -0.05) is 31.5 Å². The molecule has 0 aliphatic heterocycles. The van der Waals surface area contributed by atoms with E-state index in [0.717, 1.165) is 6.07 Å². The van der Waals surface area contributed by atoms with Crippen molar-refractivity contribution in [3.05, 3.63) is 62.7 Å².